The van der Waals surface area contributed by atoms with Crippen LogP contribution < -0.4 is 11.1 Å². The third-order valence-corrected chi connectivity index (χ3v) is 3.96. The summed E-state index contributed by atoms with van der Waals surface area (Å²) >= 11 is 0. The molecule has 0 saturated heterocycles. The lowest BCUT2D eigenvalue weighted by Gasteiger charge is -2.10. The zero-order chi connectivity index (χ0) is 20.2. The van der Waals surface area contributed by atoms with Gasteiger partial charge in [-0.2, -0.15) is 0 Å². The molecule has 0 fully saturated rings. The predicted octanol–water partition coefficient (Wildman–Crippen LogP) is 4.46. The Hall–Kier alpha value is -3.28. The Morgan fingerprint density at radius 2 is 1.89 bits per heavy atom. The Morgan fingerprint density at radius 3 is 2.61 bits per heavy atom. The van der Waals surface area contributed by atoms with E-state index in [0.29, 0.717) is 18.0 Å². The van der Waals surface area contributed by atoms with Crippen molar-refractivity contribution in [1.29, 1.82) is 0 Å². The number of ether oxygens (including phenoxy) is 2. The minimum atomic E-state index is -0.528. The molecule has 6 heteroatoms. The highest BCUT2D eigenvalue weighted by Gasteiger charge is 2.06. The normalized spacial score (nSPS) is 10.6. The molecule has 1 amide bonds. The molecule has 0 unspecified atom stereocenters. The minimum Gasteiger partial charge on any atom is -0.463 e. The van der Waals surface area contributed by atoms with E-state index in [9.17, 15) is 9.59 Å². The summed E-state index contributed by atoms with van der Waals surface area (Å²) in [5.41, 5.74) is 9.19. The number of carbonyl (C=O) groups excluding carboxylic acids is 2. The van der Waals surface area contributed by atoms with Gasteiger partial charge in [0.15, 0.2) is 0 Å². The van der Waals surface area contributed by atoms with Crippen molar-refractivity contribution in [3.8, 4) is 0 Å². The maximum absolute atomic E-state index is 11.9. The lowest BCUT2D eigenvalue weighted by molar-refractivity contribution is -0.137. The summed E-state index contributed by atoms with van der Waals surface area (Å²) in [6, 6.07) is 14.9. The lowest BCUT2D eigenvalue weighted by atomic mass is 10.1. The molecule has 0 bridgehead atoms. The highest BCUT2D eigenvalue weighted by molar-refractivity contribution is 5.85. The summed E-state index contributed by atoms with van der Waals surface area (Å²) in [6.45, 7) is 2.36. The van der Waals surface area contributed by atoms with Crippen molar-refractivity contribution in [2.75, 3.05) is 17.7 Å². The summed E-state index contributed by atoms with van der Waals surface area (Å²) in [4.78, 5) is 23.1. The highest BCUT2D eigenvalue weighted by Crippen LogP contribution is 2.20. The van der Waals surface area contributed by atoms with Crippen molar-refractivity contribution < 1.29 is 19.1 Å². The van der Waals surface area contributed by atoms with Crippen molar-refractivity contribution in [1.82, 2.24) is 0 Å². The third kappa shape index (κ3) is 7.53. The van der Waals surface area contributed by atoms with E-state index >= 15 is 0 Å². The Kier molecular flexibility index (Phi) is 8.59. The Morgan fingerprint density at radius 1 is 1.11 bits per heavy atom. The number of nitrogens with two attached hydrogens (primary N) is 1. The smallest absolute Gasteiger partial charge is 0.411 e. The average Bonchev–Trinajstić information content (AvgIpc) is 2.68. The number of amides is 1. The molecule has 0 spiro atoms. The monoisotopic (exact) mass is 382 g/mol. The van der Waals surface area contributed by atoms with Crippen LogP contribution in [0.5, 0.6) is 0 Å². The zero-order valence-corrected chi connectivity index (χ0v) is 16.0. The van der Waals surface area contributed by atoms with Gasteiger partial charge < -0.3 is 15.2 Å². The van der Waals surface area contributed by atoms with Gasteiger partial charge in [0.05, 0.1) is 6.61 Å². The first-order valence-electron chi connectivity index (χ1n) is 9.28. The first kappa shape index (κ1) is 21.0. The van der Waals surface area contributed by atoms with Gasteiger partial charge in [0.2, 0.25) is 0 Å². The van der Waals surface area contributed by atoms with Crippen LogP contribution in [0.1, 0.15) is 30.9 Å². The second-order valence-electron chi connectivity index (χ2n) is 6.15. The molecule has 0 aliphatic rings. The van der Waals surface area contributed by atoms with Gasteiger partial charge >= 0.3 is 12.1 Å². The van der Waals surface area contributed by atoms with Crippen LogP contribution in [-0.2, 0) is 27.3 Å². The maximum Gasteiger partial charge on any atom is 0.411 e. The van der Waals surface area contributed by atoms with Gasteiger partial charge in [-0.25, -0.2) is 9.59 Å². The number of unbranched alkanes of at least 4 members (excludes halogenated alkanes) is 1. The highest BCUT2D eigenvalue weighted by atomic mass is 16.5. The molecule has 28 heavy (non-hydrogen) atoms. The van der Waals surface area contributed by atoms with Gasteiger partial charge in [0.25, 0.3) is 0 Å². The number of esters is 1. The number of rotatable bonds is 9. The summed E-state index contributed by atoms with van der Waals surface area (Å²) in [5, 5.41) is 2.68. The molecule has 6 nitrogen and oxygen atoms in total. The molecule has 2 rings (SSSR count). The van der Waals surface area contributed by atoms with Crippen LogP contribution in [0.2, 0.25) is 0 Å². The predicted molar refractivity (Wildman–Crippen MR) is 110 cm³/mol. The summed E-state index contributed by atoms with van der Waals surface area (Å²) in [6.07, 6.45) is 5.10. The molecule has 0 atom stereocenters. The van der Waals surface area contributed by atoms with Crippen LogP contribution in [0.4, 0.5) is 16.2 Å². The topological polar surface area (TPSA) is 90.6 Å². The number of nitrogens with one attached hydrogen (secondary N) is 1. The van der Waals surface area contributed by atoms with E-state index in [1.54, 1.807) is 25.1 Å². The number of anilines is 2. The standard InChI is InChI=1S/C22H26N2O4/c1-2-27-21(25)12-8-4-7-11-18-13-14-19(15-20(18)23)24-22(26)28-16-17-9-5-3-6-10-17/h3,5-6,8-10,12-15H,2,4,7,11,16,23H2,1H3,(H,24,26). The van der Waals surface area contributed by atoms with Gasteiger partial charge in [-0.05, 0) is 49.4 Å². The van der Waals surface area contributed by atoms with Gasteiger partial charge in [0.1, 0.15) is 6.61 Å². The van der Waals surface area contributed by atoms with Crippen LogP contribution in [0.15, 0.2) is 60.7 Å². The second-order valence-corrected chi connectivity index (χ2v) is 6.15. The molecule has 0 aliphatic heterocycles. The van der Waals surface area contributed by atoms with E-state index < -0.39 is 6.09 Å². The molecule has 0 radical (unpaired) electrons. The molecular weight excluding hydrogens is 356 g/mol. The number of hydrogen-bond donors (Lipinski definition) is 2. The largest absolute Gasteiger partial charge is 0.463 e. The summed E-state index contributed by atoms with van der Waals surface area (Å²) in [7, 11) is 0. The molecule has 2 aromatic carbocycles. The van der Waals surface area contributed by atoms with E-state index in [1.165, 1.54) is 6.08 Å². The summed E-state index contributed by atoms with van der Waals surface area (Å²) < 4.78 is 10.0. The number of benzene rings is 2. The molecular formula is C22H26N2O4. The fourth-order valence-corrected chi connectivity index (χ4v) is 2.56. The Labute approximate surface area is 165 Å². The van der Waals surface area contributed by atoms with Gasteiger partial charge in [0, 0.05) is 17.5 Å². The average molecular weight is 382 g/mol. The van der Waals surface area contributed by atoms with Crippen LogP contribution in [0.3, 0.4) is 0 Å². The minimum absolute atomic E-state index is 0.208. The number of allylic oxidation sites excluding steroid dienone is 1. The Bertz CT molecular complexity index is 803. The van der Waals surface area contributed by atoms with Crippen molar-refractivity contribution >= 4 is 23.4 Å². The molecule has 0 aliphatic carbocycles. The molecule has 148 valence electrons. The van der Waals surface area contributed by atoms with Crippen molar-refractivity contribution in [3.05, 3.63) is 71.8 Å². The van der Waals surface area contributed by atoms with E-state index in [1.807, 2.05) is 36.4 Å². The molecule has 0 saturated carbocycles. The van der Waals surface area contributed by atoms with Crippen molar-refractivity contribution in [2.45, 2.75) is 32.8 Å². The zero-order valence-electron chi connectivity index (χ0n) is 16.0. The molecule has 2 aromatic rings. The number of nitrogen functional groups attached to an aromatic ring is 1. The van der Waals surface area contributed by atoms with Crippen LogP contribution in [-0.4, -0.2) is 18.7 Å². The first-order valence-corrected chi connectivity index (χ1v) is 9.28. The van der Waals surface area contributed by atoms with Crippen molar-refractivity contribution in [2.24, 2.45) is 0 Å². The van der Waals surface area contributed by atoms with Crippen LogP contribution >= 0.6 is 0 Å². The maximum atomic E-state index is 11.9. The van der Waals surface area contributed by atoms with Gasteiger partial charge in [-0.15, -0.1) is 0 Å². The Balaban J connectivity index is 1.76. The SMILES string of the molecule is CCOC(=O)C=CCCCc1ccc(NC(=O)OCc2ccccc2)cc1N. The van der Waals surface area contributed by atoms with E-state index in [0.717, 1.165) is 30.4 Å². The fourth-order valence-electron chi connectivity index (χ4n) is 2.56. The molecule has 3 N–H and O–H groups in total. The van der Waals surface area contributed by atoms with Gasteiger partial charge in [-0.1, -0.05) is 42.5 Å². The number of hydrogen-bond acceptors (Lipinski definition) is 5. The van der Waals surface area contributed by atoms with Crippen LogP contribution in [0.25, 0.3) is 0 Å². The second kappa shape index (κ2) is 11.4. The molecule has 0 heterocycles. The van der Waals surface area contributed by atoms with Crippen LogP contribution in [0, 0.1) is 0 Å². The lowest BCUT2D eigenvalue weighted by Crippen LogP contribution is -2.13. The number of aryl methyl sites for hydroxylation is 1. The van der Waals surface area contributed by atoms with Crippen molar-refractivity contribution in [3.63, 3.8) is 0 Å². The van der Waals surface area contributed by atoms with E-state index in [-0.39, 0.29) is 12.6 Å². The van der Waals surface area contributed by atoms with E-state index in [2.05, 4.69) is 5.32 Å². The first-order chi connectivity index (χ1) is 13.6. The van der Waals surface area contributed by atoms with E-state index in [4.69, 9.17) is 15.2 Å². The van der Waals surface area contributed by atoms with Gasteiger partial charge in [-0.3, -0.25) is 5.32 Å². The third-order valence-electron chi connectivity index (χ3n) is 3.96. The number of carbonyl (C=O) groups is 2. The quantitative estimate of drug-likeness (QED) is 0.289. The molecule has 0 aromatic heterocycles. The summed E-state index contributed by atoms with van der Waals surface area (Å²) in [5.74, 6) is -0.323. The fraction of sp³-hybridized carbons (Fsp3) is 0.273.